The maximum Gasteiger partial charge on any atom is 0.281 e. The van der Waals surface area contributed by atoms with E-state index in [0.717, 1.165) is 29.0 Å². The lowest BCUT2D eigenvalue weighted by Crippen LogP contribution is -2.32. The van der Waals surface area contributed by atoms with Crippen molar-refractivity contribution in [2.75, 3.05) is 18.8 Å². The summed E-state index contributed by atoms with van der Waals surface area (Å²) in [6.07, 6.45) is 0.316. The molecular weight excluding hydrogens is 300 g/mol. The molecule has 1 aromatic heterocycles. The summed E-state index contributed by atoms with van der Waals surface area (Å²) >= 11 is 1.31. The fourth-order valence-corrected chi connectivity index (χ4v) is 3.32. The topological polar surface area (TPSA) is 62.6 Å². The number of nitrogens with one attached hydrogen (secondary N) is 1. The molecule has 0 spiro atoms. The minimum atomic E-state index is -0.191. The van der Waals surface area contributed by atoms with Gasteiger partial charge in [-0.2, -0.15) is 0 Å². The van der Waals surface area contributed by atoms with Crippen molar-refractivity contribution in [2.24, 2.45) is 0 Å². The average molecular weight is 318 g/mol. The van der Waals surface area contributed by atoms with Crippen molar-refractivity contribution in [1.29, 1.82) is 0 Å². The van der Waals surface area contributed by atoms with Gasteiger partial charge >= 0.3 is 0 Å². The van der Waals surface area contributed by atoms with Crippen molar-refractivity contribution in [3.8, 4) is 0 Å². The molecule has 6 heteroatoms. The standard InChI is InChI=1S/C16H18N2O3S/c1-11(14-10-12-4-2-3-5-13(12)21-14)17-15(19)6-7-18-8-9-22-16(18)20/h2-5,10-11H,6-9H2,1H3,(H,17,19)/t11-/m0/s1. The van der Waals surface area contributed by atoms with Crippen LogP contribution in [0.5, 0.6) is 0 Å². The van der Waals surface area contributed by atoms with Crippen LogP contribution < -0.4 is 5.32 Å². The highest BCUT2D eigenvalue weighted by atomic mass is 32.2. The predicted molar refractivity (Wildman–Crippen MR) is 86.8 cm³/mol. The van der Waals surface area contributed by atoms with Crippen LogP contribution in [0.3, 0.4) is 0 Å². The fourth-order valence-electron chi connectivity index (χ4n) is 2.47. The zero-order valence-electron chi connectivity index (χ0n) is 12.4. The summed E-state index contributed by atoms with van der Waals surface area (Å²) in [5.41, 5.74) is 0.818. The maximum absolute atomic E-state index is 12.0. The van der Waals surface area contributed by atoms with Crippen LogP contribution in [0, 0.1) is 0 Å². The Morgan fingerprint density at radius 2 is 2.27 bits per heavy atom. The number of fused-ring (bicyclic) bond motifs is 1. The van der Waals surface area contributed by atoms with E-state index >= 15 is 0 Å². The van der Waals surface area contributed by atoms with Crippen molar-refractivity contribution in [1.82, 2.24) is 10.2 Å². The Kier molecular flexibility index (Phi) is 4.38. The molecule has 0 aliphatic carbocycles. The first-order valence-electron chi connectivity index (χ1n) is 7.33. The number of para-hydroxylation sites is 1. The van der Waals surface area contributed by atoms with Crippen LogP contribution in [0.1, 0.15) is 25.1 Å². The Morgan fingerprint density at radius 1 is 1.45 bits per heavy atom. The van der Waals surface area contributed by atoms with Crippen LogP contribution in [0.4, 0.5) is 4.79 Å². The molecule has 0 unspecified atom stereocenters. The molecule has 1 N–H and O–H groups in total. The summed E-state index contributed by atoms with van der Waals surface area (Å²) in [6.45, 7) is 3.10. The van der Waals surface area contributed by atoms with Crippen molar-refractivity contribution in [3.05, 3.63) is 36.1 Å². The van der Waals surface area contributed by atoms with Crippen LogP contribution in [0.15, 0.2) is 34.7 Å². The van der Waals surface area contributed by atoms with Gasteiger partial charge in [-0.05, 0) is 19.1 Å². The molecular formula is C16H18N2O3S. The van der Waals surface area contributed by atoms with Gasteiger partial charge in [0.25, 0.3) is 5.24 Å². The number of thioether (sulfide) groups is 1. The van der Waals surface area contributed by atoms with E-state index in [1.54, 1.807) is 4.90 Å². The van der Waals surface area contributed by atoms with E-state index in [0.29, 0.717) is 13.0 Å². The van der Waals surface area contributed by atoms with E-state index in [2.05, 4.69) is 5.32 Å². The molecule has 5 nitrogen and oxygen atoms in total. The zero-order chi connectivity index (χ0) is 15.5. The van der Waals surface area contributed by atoms with Crippen molar-refractivity contribution in [3.63, 3.8) is 0 Å². The first-order valence-corrected chi connectivity index (χ1v) is 8.31. The van der Waals surface area contributed by atoms with E-state index < -0.39 is 0 Å². The van der Waals surface area contributed by atoms with Gasteiger partial charge in [0, 0.05) is 30.6 Å². The van der Waals surface area contributed by atoms with Gasteiger partial charge in [-0.3, -0.25) is 9.59 Å². The second kappa shape index (κ2) is 6.44. The number of hydrogen-bond donors (Lipinski definition) is 1. The third-order valence-electron chi connectivity index (χ3n) is 3.70. The summed E-state index contributed by atoms with van der Waals surface area (Å²) in [7, 11) is 0. The number of rotatable bonds is 5. The second-order valence-corrected chi connectivity index (χ2v) is 6.37. The largest absolute Gasteiger partial charge is 0.459 e. The number of carbonyl (C=O) groups excluding carboxylic acids is 2. The highest BCUT2D eigenvalue weighted by Crippen LogP contribution is 2.23. The lowest BCUT2D eigenvalue weighted by atomic mass is 10.2. The van der Waals surface area contributed by atoms with E-state index in [9.17, 15) is 9.59 Å². The van der Waals surface area contributed by atoms with Crippen molar-refractivity contribution >= 4 is 33.9 Å². The molecule has 3 rings (SSSR count). The number of amides is 2. The second-order valence-electron chi connectivity index (χ2n) is 5.33. The van der Waals surface area contributed by atoms with Crippen LogP contribution in [-0.2, 0) is 4.79 Å². The first kappa shape index (κ1) is 15.0. The summed E-state index contributed by atoms with van der Waals surface area (Å²) in [6, 6.07) is 9.52. The molecule has 116 valence electrons. The Labute approximate surface area is 133 Å². The van der Waals surface area contributed by atoms with E-state index in [1.807, 2.05) is 37.3 Å². The van der Waals surface area contributed by atoms with Gasteiger partial charge in [-0.15, -0.1) is 0 Å². The molecule has 1 aromatic carbocycles. The quantitative estimate of drug-likeness (QED) is 0.920. The molecule has 1 saturated heterocycles. The molecule has 1 aliphatic rings. The molecule has 1 fully saturated rings. The molecule has 22 heavy (non-hydrogen) atoms. The average Bonchev–Trinajstić information content (AvgIpc) is 3.11. The first-order chi connectivity index (χ1) is 10.6. The fraction of sp³-hybridized carbons (Fsp3) is 0.375. The molecule has 1 aliphatic heterocycles. The van der Waals surface area contributed by atoms with Gasteiger partial charge in [-0.25, -0.2) is 0 Å². The molecule has 2 amide bonds. The predicted octanol–water partition coefficient (Wildman–Crippen LogP) is 3.17. The van der Waals surface area contributed by atoms with E-state index in [4.69, 9.17) is 4.42 Å². The molecule has 2 heterocycles. The van der Waals surface area contributed by atoms with Gasteiger partial charge in [0.05, 0.1) is 6.04 Å². The Morgan fingerprint density at radius 3 is 3.00 bits per heavy atom. The van der Waals surface area contributed by atoms with Gasteiger partial charge in [-0.1, -0.05) is 30.0 Å². The monoisotopic (exact) mass is 318 g/mol. The van der Waals surface area contributed by atoms with Crippen LogP contribution in [0.25, 0.3) is 11.0 Å². The van der Waals surface area contributed by atoms with Gasteiger partial charge in [0.15, 0.2) is 0 Å². The van der Waals surface area contributed by atoms with Gasteiger partial charge in [0.2, 0.25) is 5.91 Å². The van der Waals surface area contributed by atoms with Gasteiger partial charge < -0.3 is 14.6 Å². The van der Waals surface area contributed by atoms with Crippen molar-refractivity contribution in [2.45, 2.75) is 19.4 Å². The number of hydrogen-bond acceptors (Lipinski definition) is 4. The molecule has 2 aromatic rings. The molecule has 0 radical (unpaired) electrons. The van der Waals surface area contributed by atoms with Crippen LogP contribution in [-0.4, -0.2) is 34.9 Å². The number of carbonyl (C=O) groups is 2. The summed E-state index contributed by atoms with van der Waals surface area (Å²) in [4.78, 5) is 25.2. The SMILES string of the molecule is C[C@H](NC(=O)CCN1CCSC1=O)c1cc2ccccc2o1. The Balaban J connectivity index is 1.55. The van der Waals surface area contributed by atoms with E-state index in [1.165, 1.54) is 11.8 Å². The Bertz CT molecular complexity index is 665. The third kappa shape index (κ3) is 3.27. The number of nitrogens with zero attached hydrogens (tertiary/aromatic N) is 1. The highest BCUT2D eigenvalue weighted by Gasteiger charge is 2.22. The summed E-state index contributed by atoms with van der Waals surface area (Å²) in [5.74, 6) is 1.48. The van der Waals surface area contributed by atoms with Crippen molar-refractivity contribution < 1.29 is 14.0 Å². The van der Waals surface area contributed by atoms with Crippen LogP contribution in [0.2, 0.25) is 0 Å². The van der Waals surface area contributed by atoms with Gasteiger partial charge in [0.1, 0.15) is 11.3 Å². The summed E-state index contributed by atoms with van der Waals surface area (Å²) in [5, 5.41) is 4.01. The van der Waals surface area contributed by atoms with Crippen LogP contribution >= 0.6 is 11.8 Å². The Hall–Kier alpha value is -1.95. The van der Waals surface area contributed by atoms with E-state index in [-0.39, 0.29) is 17.2 Å². The summed E-state index contributed by atoms with van der Waals surface area (Å²) < 4.78 is 5.74. The lowest BCUT2D eigenvalue weighted by Gasteiger charge is -2.15. The molecule has 0 saturated carbocycles. The molecule has 0 bridgehead atoms. The number of furan rings is 1. The minimum Gasteiger partial charge on any atom is -0.459 e. The smallest absolute Gasteiger partial charge is 0.281 e. The normalized spacial score (nSPS) is 16.2. The third-order valence-corrected chi connectivity index (χ3v) is 4.59. The number of benzene rings is 1. The minimum absolute atomic E-state index is 0.0677. The lowest BCUT2D eigenvalue weighted by molar-refractivity contribution is -0.122. The highest BCUT2D eigenvalue weighted by molar-refractivity contribution is 8.13. The zero-order valence-corrected chi connectivity index (χ0v) is 13.2. The molecule has 1 atom stereocenters. The maximum atomic E-state index is 12.0.